The van der Waals surface area contributed by atoms with E-state index in [1.54, 1.807) is 17.3 Å². The van der Waals surface area contributed by atoms with Crippen molar-refractivity contribution in [1.29, 1.82) is 0 Å². The van der Waals surface area contributed by atoms with Crippen LogP contribution in [0.1, 0.15) is 5.56 Å². The second-order valence-corrected chi connectivity index (χ2v) is 5.65. The van der Waals surface area contributed by atoms with Crippen LogP contribution in [0.5, 0.6) is 0 Å². The minimum Gasteiger partial charge on any atom is -0.368 e. The Labute approximate surface area is 153 Å². The van der Waals surface area contributed by atoms with Gasteiger partial charge in [0.15, 0.2) is 0 Å². The van der Waals surface area contributed by atoms with Crippen molar-refractivity contribution in [2.75, 3.05) is 11.9 Å². The van der Waals surface area contributed by atoms with E-state index < -0.39 is 11.7 Å². The summed E-state index contributed by atoms with van der Waals surface area (Å²) in [7, 11) is 0. The third-order valence-electron chi connectivity index (χ3n) is 3.54. The van der Waals surface area contributed by atoms with E-state index >= 15 is 0 Å². The third-order valence-corrected chi connectivity index (χ3v) is 3.54. The highest BCUT2D eigenvalue weighted by atomic mass is 19.4. The van der Waals surface area contributed by atoms with E-state index in [4.69, 9.17) is 5.73 Å². The maximum atomic E-state index is 12.8. The maximum Gasteiger partial charge on any atom is 0.416 e. The van der Waals surface area contributed by atoms with Gasteiger partial charge in [-0.15, -0.1) is 0 Å². The largest absolute Gasteiger partial charge is 0.416 e. The highest BCUT2D eigenvalue weighted by Crippen LogP contribution is 2.30. The molecule has 0 unspecified atom stereocenters. The summed E-state index contributed by atoms with van der Waals surface area (Å²) in [4.78, 5) is 8.36. The summed E-state index contributed by atoms with van der Waals surface area (Å²) < 4.78 is 38.4. The fraction of sp³-hybridized carbons (Fsp3) is 0.111. The minimum atomic E-state index is -4.40. The Kier molecular flexibility index (Phi) is 5.30. The lowest BCUT2D eigenvalue weighted by molar-refractivity contribution is -0.137. The first kappa shape index (κ1) is 18.3. The summed E-state index contributed by atoms with van der Waals surface area (Å²) in [6.07, 6.45) is -1.26. The van der Waals surface area contributed by atoms with Crippen LogP contribution in [0.2, 0.25) is 0 Å². The predicted octanol–water partition coefficient (Wildman–Crippen LogP) is 3.45. The number of hydrazine groups is 1. The fourth-order valence-corrected chi connectivity index (χ4v) is 2.36. The molecular weight excluding hydrogens is 357 g/mol. The number of benzene rings is 2. The third kappa shape index (κ3) is 5.24. The molecule has 0 aliphatic carbocycles. The van der Waals surface area contributed by atoms with Crippen LogP contribution in [0, 0.1) is 0 Å². The summed E-state index contributed by atoms with van der Waals surface area (Å²) in [6.45, 7) is 0.262. The first-order chi connectivity index (χ1) is 12.9. The number of aliphatic imine (C=N–C) groups is 2. The first-order valence-electron chi connectivity index (χ1n) is 8.00. The quantitative estimate of drug-likeness (QED) is 0.568. The van der Waals surface area contributed by atoms with Crippen molar-refractivity contribution >= 4 is 23.2 Å². The van der Waals surface area contributed by atoms with Crippen molar-refractivity contribution in [2.24, 2.45) is 15.7 Å². The highest BCUT2D eigenvalue weighted by molar-refractivity contribution is 5.98. The Hall–Kier alpha value is -3.49. The Morgan fingerprint density at radius 1 is 1.11 bits per heavy atom. The second kappa shape index (κ2) is 7.81. The zero-order chi connectivity index (χ0) is 19.3. The van der Waals surface area contributed by atoms with Gasteiger partial charge in [0.1, 0.15) is 5.84 Å². The van der Waals surface area contributed by atoms with Crippen molar-refractivity contribution in [3.63, 3.8) is 0 Å². The number of nitrogens with two attached hydrogens (primary N) is 1. The molecule has 0 atom stereocenters. The molecule has 27 heavy (non-hydrogen) atoms. The molecule has 3 rings (SSSR count). The maximum absolute atomic E-state index is 12.8. The van der Waals surface area contributed by atoms with Crippen molar-refractivity contribution in [3.8, 4) is 0 Å². The molecule has 1 aliphatic rings. The summed E-state index contributed by atoms with van der Waals surface area (Å²) in [5.74, 6) is 0.628. The number of hydrogen-bond acceptors (Lipinski definition) is 4. The van der Waals surface area contributed by atoms with E-state index in [9.17, 15) is 13.2 Å². The number of hydrogen-bond donors (Lipinski definition) is 3. The van der Waals surface area contributed by atoms with Gasteiger partial charge >= 0.3 is 6.18 Å². The van der Waals surface area contributed by atoms with E-state index in [-0.39, 0.29) is 12.5 Å². The summed E-state index contributed by atoms with van der Waals surface area (Å²) in [5.41, 5.74) is 9.03. The molecule has 4 N–H and O–H groups in total. The zero-order valence-corrected chi connectivity index (χ0v) is 14.1. The lowest BCUT2D eigenvalue weighted by Crippen LogP contribution is -2.47. The SMILES string of the molecule is NC(=Nc1ccccc1)NN1C=CN=C(Nc2cccc(C(F)(F)F)c2)C1. The smallest absolute Gasteiger partial charge is 0.368 e. The van der Waals surface area contributed by atoms with Crippen LogP contribution in [0.4, 0.5) is 24.5 Å². The number of anilines is 1. The van der Waals surface area contributed by atoms with E-state index in [1.807, 2.05) is 30.3 Å². The van der Waals surface area contributed by atoms with Gasteiger partial charge in [0.2, 0.25) is 5.96 Å². The van der Waals surface area contributed by atoms with Gasteiger partial charge in [-0.05, 0) is 30.3 Å². The molecule has 2 aromatic carbocycles. The van der Waals surface area contributed by atoms with Crippen LogP contribution in [0.3, 0.4) is 0 Å². The molecule has 0 aromatic heterocycles. The molecule has 1 heterocycles. The number of amidine groups is 1. The molecule has 6 nitrogen and oxygen atoms in total. The standard InChI is InChI=1S/C18H17F3N6/c19-18(20,21)13-5-4-8-15(11-13)24-16-12-27(10-9-23-16)26-17(22)25-14-6-2-1-3-7-14/h1-11H,12H2,(H,23,24)(H3,22,25,26). The van der Waals surface area contributed by atoms with E-state index in [1.165, 1.54) is 12.3 Å². The van der Waals surface area contributed by atoms with Gasteiger partial charge in [-0.1, -0.05) is 24.3 Å². The lowest BCUT2D eigenvalue weighted by Gasteiger charge is -2.25. The van der Waals surface area contributed by atoms with Crippen molar-refractivity contribution < 1.29 is 13.2 Å². The average Bonchev–Trinajstić information content (AvgIpc) is 2.62. The van der Waals surface area contributed by atoms with Crippen LogP contribution in [0.15, 0.2) is 77.0 Å². The normalized spacial score (nSPS) is 14.7. The highest BCUT2D eigenvalue weighted by Gasteiger charge is 2.30. The number of rotatable bonds is 3. The second-order valence-electron chi connectivity index (χ2n) is 5.65. The molecule has 1 aliphatic heterocycles. The van der Waals surface area contributed by atoms with Gasteiger partial charge in [-0.25, -0.2) is 9.98 Å². The molecular formula is C18H17F3N6. The molecule has 2 aromatic rings. The predicted molar refractivity (Wildman–Crippen MR) is 99.2 cm³/mol. The van der Waals surface area contributed by atoms with Crippen LogP contribution in [0.25, 0.3) is 0 Å². The first-order valence-corrected chi connectivity index (χ1v) is 8.00. The fourth-order valence-electron chi connectivity index (χ4n) is 2.36. The van der Waals surface area contributed by atoms with Crippen molar-refractivity contribution in [3.05, 3.63) is 72.6 Å². The number of halogens is 3. The number of alkyl halides is 3. The molecule has 0 saturated carbocycles. The molecule has 0 saturated heterocycles. The topological polar surface area (TPSA) is 78.0 Å². The van der Waals surface area contributed by atoms with Crippen LogP contribution < -0.4 is 16.5 Å². The molecule has 0 bridgehead atoms. The van der Waals surface area contributed by atoms with Gasteiger partial charge in [-0.2, -0.15) is 13.2 Å². The van der Waals surface area contributed by atoms with Crippen LogP contribution >= 0.6 is 0 Å². The van der Waals surface area contributed by atoms with Gasteiger partial charge in [0.05, 0.1) is 17.8 Å². The Morgan fingerprint density at radius 2 is 1.89 bits per heavy atom. The monoisotopic (exact) mass is 374 g/mol. The molecule has 140 valence electrons. The number of nitrogens with one attached hydrogen (secondary N) is 2. The van der Waals surface area contributed by atoms with E-state index in [2.05, 4.69) is 20.7 Å². The summed E-state index contributed by atoms with van der Waals surface area (Å²) in [6, 6.07) is 14.1. The Morgan fingerprint density at radius 3 is 2.63 bits per heavy atom. The van der Waals surface area contributed by atoms with Gasteiger partial charge in [-0.3, -0.25) is 10.4 Å². The average molecular weight is 374 g/mol. The Bertz CT molecular complexity index is 874. The van der Waals surface area contributed by atoms with E-state index in [0.29, 0.717) is 17.2 Å². The van der Waals surface area contributed by atoms with Gasteiger partial charge in [0.25, 0.3) is 0 Å². The number of guanidine groups is 1. The molecule has 0 fully saturated rings. The molecule has 0 radical (unpaired) electrons. The lowest BCUT2D eigenvalue weighted by atomic mass is 10.2. The van der Waals surface area contributed by atoms with Gasteiger partial charge in [0, 0.05) is 18.1 Å². The van der Waals surface area contributed by atoms with Crippen LogP contribution in [-0.2, 0) is 6.18 Å². The van der Waals surface area contributed by atoms with Crippen LogP contribution in [-0.4, -0.2) is 23.3 Å². The zero-order valence-electron chi connectivity index (χ0n) is 14.1. The number of para-hydroxylation sites is 1. The van der Waals surface area contributed by atoms with E-state index in [0.717, 1.165) is 12.1 Å². The molecule has 0 amide bonds. The molecule has 9 heteroatoms. The summed E-state index contributed by atoms with van der Waals surface area (Å²) >= 11 is 0. The summed E-state index contributed by atoms with van der Waals surface area (Å²) in [5, 5.41) is 4.50. The molecule has 0 spiro atoms. The number of nitrogens with zero attached hydrogens (tertiary/aromatic N) is 3. The Balaban J connectivity index is 1.63. The minimum absolute atomic E-state index is 0.172. The van der Waals surface area contributed by atoms with Crippen molar-refractivity contribution in [1.82, 2.24) is 10.4 Å². The van der Waals surface area contributed by atoms with Crippen molar-refractivity contribution in [2.45, 2.75) is 6.18 Å². The van der Waals surface area contributed by atoms with Gasteiger partial charge < -0.3 is 11.1 Å².